The molecule has 160 valence electrons. The lowest BCUT2D eigenvalue weighted by molar-refractivity contribution is -0.117. The highest BCUT2D eigenvalue weighted by Gasteiger charge is 2.14. The second kappa shape index (κ2) is 11.8. The van der Waals surface area contributed by atoms with E-state index in [9.17, 15) is 9.59 Å². The Balaban J connectivity index is 2.16. The summed E-state index contributed by atoms with van der Waals surface area (Å²) >= 11 is 0. The van der Waals surface area contributed by atoms with Gasteiger partial charge in [0.25, 0.3) is 11.8 Å². The van der Waals surface area contributed by atoms with E-state index in [1.165, 1.54) is 5.56 Å². The molecule has 0 aliphatic heterocycles. The molecule has 2 amide bonds. The van der Waals surface area contributed by atoms with Gasteiger partial charge in [0.2, 0.25) is 0 Å². The summed E-state index contributed by atoms with van der Waals surface area (Å²) in [4.78, 5) is 25.2. The Morgan fingerprint density at radius 2 is 1.73 bits per heavy atom. The first kappa shape index (κ1) is 23.2. The Kier molecular flexibility index (Phi) is 9.09. The van der Waals surface area contributed by atoms with E-state index in [0.717, 1.165) is 12.0 Å². The van der Waals surface area contributed by atoms with Crippen LogP contribution in [0.5, 0.6) is 5.75 Å². The van der Waals surface area contributed by atoms with Gasteiger partial charge < -0.3 is 20.5 Å². The van der Waals surface area contributed by atoms with Crippen molar-refractivity contribution >= 4 is 17.9 Å². The SMILES string of the molecule is CCc1ccc(/C=C(\NC(=O)c2ccc(OCC(C)C)cc2)C(=O)NCCO)cc1. The summed E-state index contributed by atoms with van der Waals surface area (Å²) in [5.41, 5.74) is 2.49. The minimum absolute atomic E-state index is 0.0999. The van der Waals surface area contributed by atoms with Crippen molar-refractivity contribution in [3.8, 4) is 5.75 Å². The lowest BCUT2D eigenvalue weighted by Crippen LogP contribution is -2.36. The zero-order valence-electron chi connectivity index (χ0n) is 17.8. The van der Waals surface area contributed by atoms with Gasteiger partial charge in [-0.3, -0.25) is 9.59 Å². The molecule has 0 heterocycles. The standard InChI is InChI=1S/C24H30N2O4/c1-4-18-5-7-19(8-6-18)15-22(24(29)25-13-14-27)26-23(28)20-9-11-21(12-10-20)30-16-17(2)3/h5-12,15,17,27H,4,13-14,16H2,1-3H3,(H,25,29)(H,26,28)/b22-15-. The normalized spacial score (nSPS) is 11.3. The summed E-state index contributed by atoms with van der Waals surface area (Å²) < 4.78 is 5.63. The molecule has 0 spiro atoms. The maximum Gasteiger partial charge on any atom is 0.267 e. The van der Waals surface area contributed by atoms with Crippen molar-refractivity contribution < 1.29 is 19.4 Å². The first-order chi connectivity index (χ1) is 14.4. The van der Waals surface area contributed by atoms with Gasteiger partial charge in [0.15, 0.2) is 0 Å². The van der Waals surface area contributed by atoms with E-state index in [1.807, 2.05) is 24.3 Å². The fourth-order valence-corrected chi connectivity index (χ4v) is 2.60. The molecule has 0 radical (unpaired) electrons. The molecule has 2 rings (SSSR count). The van der Waals surface area contributed by atoms with Gasteiger partial charge in [-0.05, 0) is 53.8 Å². The van der Waals surface area contributed by atoms with Crippen LogP contribution in [0.25, 0.3) is 6.08 Å². The predicted octanol–water partition coefficient (Wildman–Crippen LogP) is 3.16. The van der Waals surface area contributed by atoms with Gasteiger partial charge >= 0.3 is 0 Å². The van der Waals surface area contributed by atoms with Crippen LogP contribution in [-0.4, -0.2) is 36.7 Å². The highest BCUT2D eigenvalue weighted by Crippen LogP contribution is 2.14. The molecule has 0 atom stereocenters. The summed E-state index contributed by atoms with van der Waals surface area (Å²) in [6.45, 7) is 6.71. The van der Waals surface area contributed by atoms with Gasteiger partial charge in [0.1, 0.15) is 11.4 Å². The second-order valence-corrected chi connectivity index (χ2v) is 7.32. The Bertz CT molecular complexity index is 856. The van der Waals surface area contributed by atoms with Crippen LogP contribution in [0, 0.1) is 5.92 Å². The van der Waals surface area contributed by atoms with Crippen LogP contribution in [0.1, 0.15) is 42.3 Å². The average Bonchev–Trinajstić information content (AvgIpc) is 2.76. The van der Waals surface area contributed by atoms with Crippen LogP contribution in [0.2, 0.25) is 0 Å². The molecule has 3 N–H and O–H groups in total. The molecule has 0 bridgehead atoms. The minimum Gasteiger partial charge on any atom is -0.493 e. The highest BCUT2D eigenvalue weighted by atomic mass is 16.5. The molecule has 2 aromatic rings. The zero-order chi connectivity index (χ0) is 21.9. The van der Waals surface area contributed by atoms with Crippen molar-refractivity contribution in [1.82, 2.24) is 10.6 Å². The number of nitrogens with one attached hydrogen (secondary N) is 2. The smallest absolute Gasteiger partial charge is 0.267 e. The van der Waals surface area contributed by atoms with Crippen LogP contribution >= 0.6 is 0 Å². The molecule has 6 nitrogen and oxygen atoms in total. The van der Waals surface area contributed by atoms with E-state index in [2.05, 4.69) is 31.4 Å². The van der Waals surface area contributed by atoms with Crippen LogP contribution in [-0.2, 0) is 11.2 Å². The Labute approximate surface area is 178 Å². The topological polar surface area (TPSA) is 87.7 Å². The number of carbonyl (C=O) groups is 2. The molecule has 0 fully saturated rings. The molecule has 0 saturated heterocycles. The molecule has 2 aromatic carbocycles. The van der Waals surface area contributed by atoms with Crippen LogP contribution < -0.4 is 15.4 Å². The van der Waals surface area contributed by atoms with Crippen molar-refractivity contribution in [3.63, 3.8) is 0 Å². The maximum atomic E-state index is 12.7. The third kappa shape index (κ3) is 7.37. The van der Waals surface area contributed by atoms with Gasteiger partial charge in [-0.1, -0.05) is 45.0 Å². The van der Waals surface area contributed by atoms with Gasteiger partial charge in [-0.15, -0.1) is 0 Å². The number of benzene rings is 2. The molecular formula is C24H30N2O4. The molecule has 6 heteroatoms. The molecule has 0 aliphatic rings. The number of aliphatic hydroxyl groups excluding tert-OH is 1. The number of ether oxygens (including phenoxy) is 1. The number of rotatable bonds is 10. The van der Waals surface area contributed by atoms with E-state index in [-0.39, 0.29) is 18.8 Å². The maximum absolute atomic E-state index is 12.7. The fourth-order valence-electron chi connectivity index (χ4n) is 2.60. The molecule has 0 aliphatic carbocycles. The lowest BCUT2D eigenvalue weighted by Gasteiger charge is -2.12. The fraction of sp³-hybridized carbons (Fsp3) is 0.333. The van der Waals surface area contributed by atoms with Crippen molar-refractivity contribution in [2.75, 3.05) is 19.8 Å². The van der Waals surface area contributed by atoms with E-state index >= 15 is 0 Å². The van der Waals surface area contributed by atoms with Crippen LogP contribution in [0.4, 0.5) is 0 Å². The van der Waals surface area contributed by atoms with Crippen molar-refractivity contribution in [2.24, 2.45) is 5.92 Å². The van der Waals surface area contributed by atoms with E-state index in [0.29, 0.717) is 23.8 Å². The van der Waals surface area contributed by atoms with Crippen molar-refractivity contribution in [2.45, 2.75) is 27.2 Å². The largest absolute Gasteiger partial charge is 0.493 e. The third-order valence-corrected chi connectivity index (χ3v) is 4.29. The highest BCUT2D eigenvalue weighted by molar-refractivity contribution is 6.05. The number of aliphatic hydroxyl groups is 1. The Hall–Kier alpha value is -3.12. The lowest BCUT2D eigenvalue weighted by atomic mass is 10.1. The average molecular weight is 411 g/mol. The first-order valence-electron chi connectivity index (χ1n) is 10.2. The van der Waals surface area contributed by atoms with E-state index < -0.39 is 11.8 Å². The Morgan fingerprint density at radius 3 is 2.30 bits per heavy atom. The molecular weight excluding hydrogens is 380 g/mol. The van der Waals surface area contributed by atoms with Gasteiger partial charge in [-0.25, -0.2) is 0 Å². The monoisotopic (exact) mass is 410 g/mol. The number of hydrogen-bond acceptors (Lipinski definition) is 4. The van der Waals surface area contributed by atoms with Crippen LogP contribution in [0.3, 0.4) is 0 Å². The number of amides is 2. The predicted molar refractivity (Wildman–Crippen MR) is 118 cm³/mol. The quantitative estimate of drug-likeness (QED) is 0.525. The summed E-state index contributed by atoms with van der Waals surface area (Å²) in [7, 11) is 0. The second-order valence-electron chi connectivity index (χ2n) is 7.32. The minimum atomic E-state index is -0.464. The van der Waals surface area contributed by atoms with Gasteiger partial charge in [0, 0.05) is 12.1 Å². The zero-order valence-corrected chi connectivity index (χ0v) is 17.8. The van der Waals surface area contributed by atoms with E-state index in [4.69, 9.17) is 9.84 Å². The third-order valence-electron chi connectivity index (χ3n) is 4.29. The molecule has 30 heavy (non-hydrogen) atoms. The summed E-state index contributed by atoms with van der Waals surface area (Å²) in [6.07, 6.45) is 2.53. The van der Waals surface area contributed by atoms with Gasteiger partial charge in [0.05, 0.1) is 13.2 Å². The number of carbonyl (C=O) groups excluding carboxylic acids is 2. The molecule has 0 aromatic heterocycles. The Morgan fingerprint density at radius 1 is 1.07 bits per heavy atom. The summed E-state index contributed by atoms with van der Waals surface area (Å²) in [5.74, 6) is 0.229. The molecule has 0 unspecified atom stereocenters. The number of hydrogen-bond donors (Lipinski definition) is 3. The molecule has 0 saturated carbocycles. The summed E-state index contributed by atoms with van der Waals surface area (Å²) in [6, 6.07) is 14.5. The van der Waals surface area contributed by atoms with Crippen molar-refractivity contribution in [1.29, 1.82) is 0 Å². The summed E-state index contributed by atoms with van der Waals surface area (Å²) in [5, 5.41) is 14.2. The first-order valence-corrected chi connectivity index (χ1v) is 10.2. The van der Waals surface area contributed by atoms with Crippen LogP contribution in [0.15, 0.2) is 54.2 Å². The number of aryl methyl sites for hydroxylation is 1. The van der Waals surface area contributed by atoms with Crippen molar-refractivity contribution in [3.05, 3.63) is 70.9 Å². The van der Waals surface area contributed by atoms with Gasteiger partial charge in [-0.2, -0.15) is 0 Å². The van der Waals surface area contributed by atoms with E-state index in [1.54, 1.807) is 30.3 Å².